The third-order valence-corrected chi connectivity index (χ3v) is 5.14. The number of fused-ring (bicyclic) bond motifs is 2. The molecule has 1 aliphatic rings. The summed E-state index contributed by atoms with van der Waals surface area (Å²) in [6.45, 7) is 7.24. The normalized spacial score (nSPS) is 19.1. The van der Waals surface area contributed by atoms with Gasteiger partial charge in [-0.1, -0.05) is 6.58 Å². The predicted octanol–water partition coefficient (Wildman–Crippen LogP) is 3.36. The van der Waals surface area contributed by atoms with Crippen molar-refractivity contribution in [3.8, 4) is 5.75 Å². The van der Waals surface area contributed by atoms with Crippen LogP contribution in [0.1, 0.15) is 36.6 Å². The number of nitrogens with zero attached hydrogens (tertiary/aromatic N) is 3. The van der Waals surface area contributed by atoms with Gasteiger partial charge in [-0.25, -0.2) is 18.3 Å². The van der Waals surface area contributed by atoms with E-state index in [4.69, 9.17) is 10.5 Å². The number of aliphatic hydroxyl groups is 1. The fourth-order valence-electron chi connectivity index (χ4n) is 3.51. The molecule has 0 fully saturated rings. The van der Waals surface area contributed by atoms with Gasteiger partial charge in [-0.15, -0.1) is 0 Å². The number of rotatable bonds is 5. The summed E-state index contributed by atoms with van der Waals surface area (Å²) >= 11 is 0. The Kier molecular flexibility index (Phi) is 4.42. The van der Waals surface area contributed by atoms with Crippen molar-refractivity contribution < 1.29 is 18.6 Å². The zero-order valence-corrected chi connectivity index (χ0v) is 16.0. The monoisotopic (exact) mass is 401 g/mol. The van der Waals surface area contributed by atoms with E-state index in [0.29, 0.717) is 28.3 Å². The van der Waals surface area contributed by atoms with Crippen molar-refractivity contribution in [2.45, 2.75) is 31.9 Å². The molecular formula is C20H21F2N5O2. The Labute approximate surface area is 165 Å². The average Bonchev–Trinajstić information content (AvgIpc) is 3.26. The summed E-state index contributed by atoms with van der Waals surface area (Å²) in [4.78, 5) is 4.44. The molecule has 1 aromatic carbocycles. The Balaban J connectivity index is 1.70. The molecule has 7 nitrogen and oxygen atoms in total. The van der Waals surface area contributed by atoms with E-state index in [2.05, 4.69) is 22.0 Å². The van der Waals surface area contributed by atoms with E-state index >= 15 is 0 Å². The lowest BCUT2D eigenvalue weighted by molar-refractivity contribution is 0.124. The Bertz CT molecular complexity index is 1130. The molecular weight excluding hydrogens is 380 g/mol. The molecule has 0 aliphatic carbocycles. The highest BCUT2D eigenvalue weighted by molar-refractivity contribution is 5.70. The van der Waals surface area contributed by atoms with Gasteiger partial charge in [0.1, 0.15) is 22.9 Å². The third-order valence-electron chi connectivity index (χ3n) is 5.14. The van der Waals surface area contributed by atoms with Crippen LogP contribution in [0.15, 0.2) is 31.1 Å². The van der Waals surface area contributed by atoms with Crippen LogP contribution >= 0.6 is 0 Å². The SMILES string of the molecule is C=C(O)c1cnn2ccc(N[C@H](C)c3cc(F)c(F)c4c3OC(C)(CN)C4)nc12. The minimum atomic E-state index is -0.935. The molecule has 4 N–H and O–H groups in total. The van der Waals surface area contributed by atoms with Crippen LogP contribution < -0.4 is 15.8 Å². The molecule has 1 aliphatic heterocycles. The summed E-state index contributed by atoms with van der Waals surface area (Å²) < 4.78 is 36.0. The van der Waals surface area contributed by atoms with Crippen molar-refractivity contribution in [2.24, 2.45) is 5.73 Å². The van der Waals surface area contributed by atoms with Gasteiger partial charge in [-0.3, -0.25) is 0 Å². The zero-order valence-electron chi connectivity index (χ0n) is 16.0. The molecule has 152 valence electrons. The molecule has 1 unspecified atom stereocenters. The molecule has 2 atom stereocenters. The van der Waals surface area contributed by atoms with E-state index in [-0.39, 0.29) is 24.3 Å². The van der Waals surface area contributed by atoms with Crippen LogP contribution in [0.3, 0.4) is 0 Å². The first-order valence-corrected chi connectivity index (χ1v) is 9.11. The van der Waals surface area contributed by atoms with E-state index in [1.807, 2.05) is 0 Å². The number of anilines is 1. The van der Waals surface area contributed by atoms with E-state index in [9.17, 15) is 13.9 Å². The first kappa shape index (κ1) is 19.1. The Morgan fingerprint density at radius 2 is 2.28 bits per heavy atom. The van der Waals surface area contributed by atoms with Crippen molar-refractivity contribution in [3.63, 3.8) is 0 Å². The summed E-state index contributed by atoms with van der Waals surface area (Å²) in [6, 6.07) is 2.37. The quantitative estimate of drug-likeness (QED) is 0.567. The Hall–Kier alpha value is -3.20. The highest BCUT2D eigenvalue weighted by Crippen LogP contribution is 2.42. The molecule has 0 spiro atoms. The molecule has 0 bridgehead atoms. The van der Waals surface area contributed by atoms with Crippen LogP contribution in [0.4, 0.5) is 14.6 Å². The van der Waals surface area contributed by atoms with Gasteiger partial charge >= 0.3 is 0 Å². The molecule has 3 heterocycles. The van der Waals surface area contributed by atoms with Gasteiger partial charge in [-0.2, -0.15) is 5.10 Å². The van der Waals surface area contributed by atoms with E-state index in [0.717, 1.165) is 6.07 Å². The largest absolute Gasteiger partial charge is 0.508 e. The van der Waals surface area contributed by atoms with Crippen molar-refractivity contribution in [1.29, 1.82) is 0 Å². The van der Waals surface area contributed by atoms with Gasteiger partial charge in [0.25, 0.3) is 0 Å². The van der Waals surface area contributed by atoms with Gasteiger partial charge in [0.05, 0.1) is 17.8 Å². The minimum Gasteiger partial charge on any atom is -0.508 e. The number of hydrogen-bond donors (Lipinski definition) is 3. The molecule has 0 amide bonds. The second-order valence-corrected chi connectivity index (χ2v) is 7.45. The summed E-state index contributed by atoms with van der Waals surface area (Å²) in [5, 5.41) is 16.9. The molecule has 0 saturated heterocycles. The maximum absolute atomic E-state index is 14.3. The van der Waals surface area contributed by atoms with E-state index in [1.54, 1.807) is 26.1 Å². The lowest BCUT2D eigenvalue weighted by atomic mass is 9.96. The number of aliphatic hydroxyl groups excluding tert-OH is 1. The second-order valence-electron chi connectivity index (χ2n) is 7.45. The zero-order chi connectivity index (χ0) is 20.9. The number of nitrogens with two attached hydrogens (primary N) is 1. The predicted molar refractivity (Wildman–Crippen MR) is 105 cm³/mol. The van der Waals surface area contributed by atoms with E-state index in [1.165, 1.54) is 10.7 Å². The molecule has 9 heteroatoms. The molecule has 2 aromatic heterocycles. The lowest BCUT2D eigenvalue weighted by Gasteiger charge is -2.23. The maximum Gasteiger partial charge on any atom is 0.168 e. The molecule has 0 saturated carbocycles. The summed E-state index contributed by atoms with van der Waals surface area (Å²) in [6.07, 6.45) is 3.33. The number of ether oxygens (including phenoxy) is 1. The Morgan fingerprint density at radius 1 is 1.52 bits per heavy atom. The summed E-state index contributed by atoms with van der Waals surface area (Å²) in [7, 11) is 0. The van der Waals surface area contributed by atoms with E-state index < -0.39 is 23.3 Å². The molecule has 0 radical (unpaired) electrons. The third kappa shape index (κ3) is 3.17. The first-order chi connectivity index (χ1) is 13.7. The summed E-state index contributed by atoms with van der Waals surface area (Å²) in [5.74, 6) is -1.21. The van der Waals surface area contributed by atoms with Crippen molar-refractivity contribution >= 4 is 17.2 Å². The van der Waals surface area contributed by atoms with Gasteiger partial charge in [-0.05, 0) is 26.0 Å². The van der Waals surface area contributed by atoms with Crippen LogP contribution in [0.25, 0.3) is 11.4 Å². The van der Waals surface area contributed by atoms with Crippen molar-refractivity contribution in [2.75, 3.05) is 11.9 Å². The van der Waals surface area contributed by atoms with Gasteiger partial charge in [0, 0.05) is 30.3 Å². The topological polar surface area (TPSA) is 97.7 Å². The fourth-order valence-corrected chi connectivity index (χ4v) is 3.51. The van der Waals surface area contributed by atoms with Crippen molar-refractivity contribution in [1.82, 2.24) is 14.6 Å². The summed E-state index contributed by atoms with van der Waals surface area (Å²) in [5.41, 5.74) is 6.46. The lowest BCUT2D eigenvalue weighted by Crippen LogP contribution is -2.39. The average molecular weight is 401 g/mol. The highest BCUT2D eigenvalue weighted by atomic mass is 19.2. The number of halogens is 2. The van der Waals surface area contributed by atoms with Crippen LogP contribution in [0.5, 0.6) is 5.75 Å². The molecule has 29 heavy (non-hydrogen) atoms. The number of nitrogens with one attached hydrogen (secondary N) is 1. The Morgan fingerprint density at radius 3 is 2.97 bits per heavy atom. The van der Waals surface area contributed by atoms with Crippen LogP contribution in [0.2, 0.25) is 0 Å². The van der Waals surface area contributed by atoms with Crippen LogP contribution in [-0.2, 0) is 6.42 Å². The molecule has 3 aromatic rings. The maximum atomic E-state index is 14.3. The smallest absolute Gasteiger partial charge is 0.168 e. The number of aromatic nitrogens is 3. The van der Waals surface area contributed by atoms with Gasteiger partial charge in [0.2, 0.25) is 0 Å². The number of benzene rings is 1. The minimum absolute atomic E-state index is 0.148. The first-order valence-electron chi connectivity index (χ1n) is 9.11. The second kappa shape index (κ2) is 6.70. The van der Waals surface area contributed by atoms with Crippen molar-refractivity contribution in [3.05, 3.63) is 59.4 Å². The van der Waals surface area contributed by atoms with Crippen LogP contribution in [-0.4, -0.2) is 31.9 Å². The standard InChI is InChI=1S/C20H21F2N5O2/c1-10(25-16-4-5-27-19(26-16)14(8-24-27)11(2)28)12-6-15(21)17(22)13-7-20(3,9-23)29-18(12)13/h4-6,8,10,28H,2,7,9,23H2,1,3H3,(H,25,26)/t10-,20?/m1/s1. The fraction of sp³-hybridized carbons (Fsp3) is 0.300. The van der Waals surface area contributed by atoms with Crippen LogP contribution in [0, 0.1) is 11.6 Å². The van der Waals surface area contributed by atoms with Gasteiger partial charge in [0.15, 0.2) is 17.3 Å². The molecule has 4 rings (SSSR count). The number of hydrogen-bond acceptors (Lipinski definition) is 6. The highest BCUT2D eigenvalue weighted by Gasteiger charge is 2.39. The van der Waals surface area contributed by atoms with Gasteiger partial charge < -0.3 is 20.9 Å².